The van der Waals surface area contributed by atoms with E-state index >= 15 is 0 Å². The first-order chi connectivity index (χ1) is 13.6. The normalized spacial score (nSPS) is 10.4. The van der Waals surface area contributed by atoms with Crippen molar-refractivity contribution in [3.05, 3.63) is 59.9 Å². The van der Waals surface area contributed by atoms with Crippen LogP contribution in [0.2, 0.25) is 0 Å². The first-order valence-electron chi connectivity index (χ1n) is 7.98. The number of nitrogens with zero attached hydrogens (tertiary/aromatic N) is 4. The van der Waals surface area contributed by atoms with Crippen molar-refractivity contribution in [3.8, 4) is 11.4 Å². The third-order valence-corrected chi connectivity index (χ3v) is 4.44. The second-order valence-electron chi connectivity index (χ2n) is 5.34. The SMILES string of the molecule is COc1ccc(-n2nnnc2SCC(=O)NNC(=O)c2ccccc2F)cc1. The van der Waals surface area contributed by atoms with Gasteiger partial charge in [-0.2, -0.15) is 4.68 Å². The van der Waals surface area contributed by atoms with Crippen molar-refractivity contribution in [3.63, 3.8) is 0 Å². The molecule has 0 spiro atoms. The van der Waals surface area contributed by atoms with Crippen LogP contribution < -0.4 is 15.6 Å². The number of nitrogens with one attached hydrogen (secondary N) is 2. The molecule has 3 rings (SSSR count). The van der Waals surface area contributed by atoms with Crippen molar-refractivity contribution in [1.82, 2.24) is 31.1 Å². The molecule has 9 nitrogen and oxygen atoms in total. The summed E-state index contributed by atoms with van der Waals surface area (Å²) in [7, 11) is 1.57. The molecule has 3 aromatic rings. The number of tetrazole rings is 1. The predicted octanol–water partition coefficient (Wildman–Crippen LogP) is 1.36. The lowest BCUT2D eigenvalue weighted by Crippen LogP contribution is -2.42. The lowest BCUT2D eigenvalue weighted by molar-refractivity contribution is -0.119. The molecule has 0 saturated carbocycles. The molecule has 0 unspecified atom stereocenters. The quantitative estimate of drug-likeness (QED) is 0.473. The van der Waals surface area contributed by atoms with E-state index in [-0.39, 0.29) is 11.3 Å². The van der Waals surface area contributed by atoms with Gasteiger partial charge < -0.3 is 4.74 Å². The van der Waals surface area contributed by atoms with E-state index in [0.717, 1.165) is 17.8 Å². The van der Waals surface area contributed by atoms with E-state index in [1.165, 1.54) is 22.9 Å². The minimum absolute atomic E-state index is 0.0614. The molecule has 0 aliphatic rings. The van der Waals surface area contributed by atoms with Crippen molar-refractivity contribution in [2.45, 2.75) is 5.16 Å². The number of ether oxygens (including phenoxy) is 1. The van der Waals surface area contributed by atoms with Crippen molar-refractivity contribution >= 4 is 23.6 Å². The Labute approximate surface area is 163 Å². The average molecular weight is 402 g/mol. The van der Waals surface area contributed by atoms with E-state index in [2.05, 4.69) is 26.4 Å². The van der Waals surface area contributed by atoms with Crippen LogP contribution >= 0.6 is 11.8 Å². The van der Waals surface area contributed by atoms with Gasteiger partial charge in [0, 0.05) is 0 Å². The van der Waals surface area contributed by atoms with Gasteiger partial charge >= 0.3 is 0 Å². The number of hydrazine groups is 1. The Morgan fingerprint density at radius 2 is 1.89 bits per heavy atom. The molecule has 0 bridgehead atoms. The second kappa shape index (κ2) is 8.95. The van der Waals surface area contributed by atoms with Crippen LogP contribution in [0.25, 0.3) is 5.69 Å². The summed E-state index contributed by atoms with van der Waals surface area (Å²) >= 11 is 1.08. The van der Waals surface area contributed by atoms with Gasteiger partial charge in [0.2, 0.25) is 11.1 Å². The van der Waals surface area contributed by atoms with E-state index < -0.39 is 17.6 Å². The van der Waals surface area contributed by atoms with Crippen LogP contribution in [0.1, 0.15) is 10.4 Å². The Morgan fingerprint density at radius 3 is 2.61 bits per heavy atom. The molecule has 0 saturated heterocycles. The Bertz CT molecular complexity index is 979. The molecule has 28 heavy (non-hydrogen) atoms. The first-order valence-corrected chi connectivity index (χ1v) is 8.96. The Balaban J connectivity index is 1.55. The molecule has 0 fully saturated rings. The van der Waals surface area contributed by atoms with E-state index in [0.29, 0.717) is 16.6 Å². The van der Waals surface area contributed by atoms with E-state index in [1.54, 1.807) is 31.4 Å². The van der Waals surface area contributed by atoms with Gasteiger partial charge in [-0.1, -0.05) is 23.9 Å². The van der Waals surface area contributed by atoms with Gasteiger partial charge in [-0.3, -0.25) is 20.4 Å². The number of rotatable bonds is 6. The Kier molecular flexibility index (Phi) is 6.17. The van der Waals surface area contributed by atoms with Crippen molar-refractivity contribution in [2.75, 3.05) is 12.9 Å². The van der Waals surface area contributed by atoms with Gasteiger partial charge in [0.05, 0.1) is 24.1 Å². The van der Waals surface area contributed by atoms with Crippen LogP contribution in [-0.2, 0) is 4.79 Å². The summed E-state index contributed by atoms with van der Waals surface area (Å²) in [6.45, 7) is 0. The minimum atomic E-state index is -0.750. The maximum absolute atomic E-state index is 13.5. The molecular weight excluding hydrogens is 387 g/mol. The lowest BCUT2D eigenvalue weighted by atomic mass is 10.2. The molecule has 0 aliphatic carbocycles. The number of amides is 2. The summed E-state index contributed by atoms with van der Waals surface area (Å²) in [5.74, 6) is -1.30. The largest absolute Gasteiger partial charge is 0.497 e. The number of thioether (sulfide) groups is 1. The zero-order chi connectivity index (χ0) is 19.9. The Morgan fingerprint density at radius 1 is 1.14 bits per heavy atom. The van der Waals surface area contributed by atoms with Crippen molar-refractivity contribution in [2.24, 2.45) is 0 Å². The molecule has 144 valence electrons. The molecule has 0 radical (unpaired) electrons. The summed E-state index contributed by atoms with van der Waals surface area (Å²) in [6.07, 6.45) is 0. The highest BCUT2D eigenvalue weighted by Crippen LogP contribution is 2.20. The van der Waals surface area contributed by atoms with E-state index in [4.69, 9.17) is 4.74 Å². The summed E-state index contributed by atoms with van der Waals surface area (Å²) in [6, 6.07) is 12.5. The molecule has 0 aliphatic heterocycles. The third kappa shape index (κ3) is 4.62. The topological polar surface area (TPSA) is 111 Å². The zero-order valence-electron chi connectivity index (χ0n) is 14.6. The summed E-state index contributed by atoms with van der Waals surface area (Å²) in [5, 5.41) is 11.8. The van der Waals surface area contributed by atoms with Crippen LogP contribution in [-0.4, -0.2) is 44.9 Å². The third-order valence-electron chi connectivity index (χ3n) is 3.52. The highest BCUT2D eigenvalue weighted by Gasteiger charge is 2.14. The molecule has 1 heterocycles. The number of benzene rings is 2. The summed E-state index contributed by atoms with van der Waals surface area (Å²) in [4.78, 5) is 23.8. The lowest BCUT2D eigenvalue weighted by Gasteiger charge is -2.08. The predicted molar refractivity (Wildman–Crippen MR) is 98.4 cm³/mol. The second-order valence-corrected chi connectivity index (χ2v) is 6.28. The minimum Gasteiger partial charge on any atom is -0.497 e. The van der Waals surface area contributed by atoms with Gasteiger partial charge in [0.15, 0.2) is 0 Å². The van der Waals surface area contributed by atoms with Crippen LogP contribution in [0.5, 0.6) is 5.75 Å². The maximum Gasteiger partial charge on any atom is 0.272 e. The van der Waals surface area contributed by atoms with Gasteiger partial charge in [0.25, 0.3) is 5.91 Å². The van der Waals surface area contributed by atoms with Gasteiger partial charge in [-0.25, -0.2) is 4.39 Å². The zero-order valence-corrected chi connectivity index (χ0v) is 15.4. The fraction of sp³-hybridized carbons (Fsp3) is 0.118. The van der Waals surface area contributed by atoms with Gasteiger partial charge in [0.1, 0.15) is 11.6 Å². The van der Waals surface area contributed by atoms with Crippen LogP contribution in [0.4, 0.5) is 4.39 Å². The van der Waals surface area contributed by atoms with Crippen LogP contribution in [0.15, 0.2) is 53.7 Å². The number of aromatic nitrogens is 4. The smallest absolute Gasteiger partial charge is 0.272 e. The van der Waals surface area contributed by atoms with Crippen molar-refractivity contribution in [1.29, 1.82) is 0 Å². The maximum atomic E-state index is 13.5. The molecule has 2 aromatic carbocycles. The highest BCUT2D eigenvalue weighted by atomic mass is 32.2. The number of methoxy groups -OCH3 is 1. The number of carbonyl (C=O) groups is 2. The van der Waals surface area contributed by atoms with Crippen LogP contribution in [0.3, 0.4) is 0 Å². The van der Waals surface area contributed by atoms with Crippen LogP contribution in [0, 0.1) is 5.82 Å². The van der Waals surface area contributed by atoms with Gasteiger partial charge in [-0.05, 0) is 46.8 Å². The molecule has 0 atom stereocenters. The van der Waals surface area contributed by atoms with E-state index in [1.807, 2.05) is 0 Å². The highest BCUT2D eigenvalue weighted by molar-refractivity contribution is 7.99. The average Bonchev–Trinajstić information content (AvgIpc) is 3.19. The number of hydrogen-bond donors (Lipinski definition) is 2. The number of carbonyl (C=O) groups excluding carboxylic acids is 2. The first kappa shape index (κ1) is 19.3. The molecule has 2 N–H and O–H groups in total. The monoisotopic (exact) mass is 402 g/mol. The summed E-state index contributed by atoms with van der Waals surface area (Å²) < 4.78 is 20.1. The molecule has 1 aromatic heterocycles. The number of hydrogen-bond acceptors (Lipinski definition) is 7. The molecular formula is C17H15FN6O3S. The number of halogens is 1. The molecule has 2 amide bonds. The fourth-order valence-corrected chi connectivity index (χ4v) is 2.85. The van der Waals surface area contributed by atoms with E-state index in [9.17, 15) is 14.0 Å². The molecule has 11 heteroatoms. The summed E-state index contributed by atoms with van der Waals surface area (Å²) in [5.41, 5.74) is 4.92. The standard InChI is InChI=1S/C17H15FN6O3S/c1-27-12-8-6-11(7-9-12)24-17(21-22-23-24)28-10-15(25)19-20-16(26)13-4-2-3-5-14(13)18/h2-9H,10H2,1H3,(H,19,25)(H,20,26). The fourth-order valence-electron chi connectivity index (χ4n) is 2.16. The Hall–Kier alpha value is -3.47. The van der Waals surface area contributed by atoms with Gasteiger partial charge in [-0.15, -0.1) is 5.10 Å². The van der Waals surface area contributed by atoms with Crippen molar-refractivity contribution < 1.29 is 18.7 Å².